The van der Waals surface area contributed by atoms with Gasteiger partial charge in [-0.3, -0.25) is 4.79 Å². The van der Waals surface area contributed by atoms with E-state index < -0.39 is 15.8 Å². The number of ether oxygens (including phenoxy) is 1. The van der Waals surface area contributed by atoms with E-state index in [1.165, 1.54) is 0 Å². The van der Waals surface area contributed by atoms with Gasteiger partial charge in [-0.1, -0.05) is 0 Å². The Morgan fingerprint density at radius 1 is 1.35 bits per heavy atom. The molecule has 6 nitrogen and oxygen atoms in total. The van der Waals surface area contributed by atoms with Gasteiger partial charge >= 0.3 is 0 Å². The van der Waals surface area contributed by atoms with Crippen molar-refractivity contribution in [3.63, 3.8) is 0 Å². The van der Waals surface area contributed by atoms with Gasteiger partial charge in [0, 0.05) is 19.1 Å². The van der Waals surface area contributed by atoms with Crippen LogP contribution in [0.5, 0.6) is 0 Å². The van der Waals surface area contributed by atoms with Crippen LogP contribution in [0, 0.1) is 11.7 Å². The maximum atomic E-state index is 13.2. The van der Waals surface area contributed by atoms with Gasteiger partial charge in [-0.05, 0) is 31.0 Å². The molecule has 20 heavy (non-hydrogen) atoms. The molecule has 0 aliphatic carbocycles. The molecule has 1 saturated heterocycles. The summed E-state index contributed by atoms with van der Waals surface area (Å²) in [6.45, 7) is 0.951. The van der Waals surface area contributed by atoms with Gasteiger partial charge in [0.05, 0.1) is 5.69 Å². The molecule has 0 bridgehead atoms. The van der Waals surface area contributed by atoms with Crippen LogP contribution in [0.15, 0.2) is 23.1 Å². The second kappa shape index (κ2) is 5.86. The first-order chi connectivity index (χ1) is 9.38. The zero-order chi connectivity index (χ0) is 14.8. The SMILES string of the molecule is NS(=O)(=O)c1ccc(F)cc1NC(=O)C1CCOCC1. The standard InChI is InChI=1S/C12H15FN2O4S/c13-9-1-2-11(20(14,17)18)10(7-9)15-12(16)8-3-5-19-6-4-8/h1-2,7-8H,3-6H2,(H,15,16)(H2,14,17,18). The Bertz CT molecular complexity index is 612. The molecule has 1 aliphatic rings. The third kappa shape index (κ3) is 3.53. The van der Waals surface area contributed by atoms with Crippen LogP contribution in [-0.4, -0.2) is 27.5 Å². The Morgan fingerprint density at radius 3 is 2.60 bits per heavy atom. The predicted molar refractivity (Wildman–Crippen MR) is 69.9 cm³/mol. The molecule has 0 atom stereocenters. The maximum absolute atomic E-state index is 13.2. The number of hydrogen-bond donors (Lipinski definition) is 2. The number of anilines is 1. The average molecular weight is 302 g/mol. The summed E-state index contributed by atoms with van der Waals surface area (Å²) in [4.78, 5) is 11.7. The van der Waals surface area contributed by atoms with Crippen LogP contribution in [0.4, 0.5) is 10.1 Å². The normalized spacial score (nSPS) is 16.9. The Hall–Kier alpha value is -1.51. The topological polar surface area (TPSA) is 98.5 Å². The van der Waals surface area contributed by atoms with E-state index in [0.717, 1.165) is 18.2 Å². The molecule has 1 amide bonds. The molecule has 0 saturated carbocycles. The molecule has 1 fully saturated rings. The van der Waals surface area contributed by atoms with Crippen molar-refractivity contribution in [1.29, 1.82) is 0 Å². The summed E-state index contributed by atoms with van der Waals surface area (Å²) in [7, 11) is -4.03. The van der Waals surface area contributed by atoms with E-state index in [1.807, 2.05) is 0 Å². The van der Waals surface area contributed by atoms with Crippen LogP contribution in [-0.2, 0) is 19.6 Å². The van der Waals surface area contributed by atoms with E-state index in [1.54, 1.807) is 0 Å². The highest BCUT2D eigenvalue weighted by Crippen LogP contribution is 2.23. The summed E-state index contributed by atoms with van der Waals surface area (Å²) in [6, 6.07) is 2.95. The number of carbonyl (C=O) groups excluding carboxylic acids is 1. The molecule has 1 aromatic rings. The molecule has 8 heteroatoms. The fourth-order valence-corrected chi connectivity index (χ4v) is 2.72. The van der Waals surface area contributed by atoms with Gasteiger partial charge < -0.3 is 10.1 Å². The Balaban J connectivity index is 2.23. The zero-order valence-electron chi connectivity index (χ0n) is 10.6. The second-order valence-corrected chi connectivity index (χ2v) is 6.09. The monoisotopic (exact) mass is 302 g/mol. The third-order valence-electron chi connectivity index (χ3n) is 3.10. The van der Waals surface area contributed by atoms with Crippen molar-refractivity contribution in [2.75, 3.05) is 18.5 Å². The van der Waals surface area contributed by atoms with Gasteiger partial charge in [-0.2, -0.15) is 0 Å². The van der Waals surface area contributed by atoms with E-state index >= 15 is 0 Å². The summed E-state index contributed by atoms with van der Waals surface area (Å²) in [5.74, 6) is -1.29. The van der Waals surface area contributed by atoms with E-state index in [4.69, 9.17) is 9.88 Å². The van der Waals surface area contributed by atoms with Gasteiger partial charge in [0.15, 0.2) is 0 Å². The van der Waals surface area contributed by atoms with E-state index in [2.05, 4.69) is 5.32 Å². The lowest BCUT2D eigenvalue weighted by Gasteiger charge is -2.21. The van der Waals surface area contributed by atoms with E-state index in [0.29, 0.717) is 26.1 Å². The van der Waals surface area contributed by atoms with Crippen LogP contribution in [0.2, 0.25) is 0 Å². The molecule has 1 aliphatic heterocycles. The van der Waals surface area contributed by atoms with Crippen LogP contribution in [0.3, 0.4) is 0 Å². The van der Waals surface area contributed by atoms with Gasteiger partial charge in [0.2, 0.25) is 15.9 Å². The Kier molecular flexibility index (Phi) is 4.36. The highest BCUT2D eigenvalue weighted by molar-refractivity contribution is 7.89. The molecular formula is C12H15FN2O4S. The Labute approximate surface area is 116 Å². The first-order valence-corrected chi connectivity index (χ1v) is 7.63. The third-order valence-corrected chi connectivity index (χ3v) is 4.07. The minimum Gasteiger partial charge on any atom is -0.381 e. The molecule has 110 valence electrons. The number of amides is 1. The highest BCUT2D eigenvalue weighted by atomic mass is 32.2. The van der Waals surface area contributed by atoms with Crippen molar-refractivity contribution in [2.24, 2.45) is 11.1 Å². The summed E-state index contributed by atoms with van der Waals surface area (Å²) in [5, 5.41) is 7.47. The molecule has 1 aromatic carbocycles. The lowest BCUT2D eigenvalue weighted by atomic mass is 9.99. The fourth-order valence-electron chi connectivity index (χ4n) is 2.04. The summed E-state index contributed by atoms with van der Waals surface area (Å²) in [5.41, 5.74) is -0.135. The van der Waals surface area contributed by atoms with Crippen molar-refractivity contribution in [2.45, 2.75) is 17.7 Å². The number of hydrogen-bond acceptors (Lipinski definition) is 4. The second-order valence-electron chi connectivity index (χ2n) is 4.56. The van der Waals surface area contributed by atoms with Crippen molar-refractivity contribution in [1.82, 2.24) is 0 Å². The summed E-state index contributed by atoms with van der Waals surface area (Å²) >= 11 is 0. The lowest BCUT2D eigenvalue weighted by Crippen LogP contribution is -2.29. The number of nitrogens with one attached hydrogen (secondary N) is 1. The number of halogens is 1. The predicted octanol–water partition coefficient (Wildman–Crippen LogP) is 0.838. The van der Waals surface area contributed by atoms with E-state index in [-0.39, 0.29) is 22.4 Å². The number of sulfonamides is 1. The highest BCUT2D eigenvalue weighted by Gasteiger charge is 2.24. The summed E-state index contributed by atoms with van der Waals surface area (Å²) in [6.07, 6.45) is 1.09. The molecule has 0 spiro atoms. The number of nitrogens with two attached hydrogens (primary N) is 1. The van der Waals surface area contributed by atoms with Gasteiger partial charge in [0.1, 0.15) is 10.7 Å². The minimum atomic E-state index is -4.03. The minimum absolute atomic E-state index is 0.135. The first kappa shape index (κ1) is 14.9. The smallest absolute Gasteiger partial charge is 0.240 e. The van der Waals surface area contributed by atoms with Gasteiger partial charge in [0.25, 0.3) is 0 Å². The molecule has 2 rings (SSSR count). The molecule has 0 radical (unpaired) electrons. The summed E-state index contributed by atoms with van der Waals surface area (Å²) < 4.78 is 41.2. The molecule has 3 N–H and O–H groups in total. The number of primary sulfonamides is 1. The quantitative estimate of drug-likeness (QED) is 0.864. The number of carbonyl (C=O) groups is 1. The van der Waals surface area contributed by atoms with Crippen molar-refractivity contribution in [3.8, 4) is 0 Å². The van der Waals surface area contributed by atoms with Crippen LogP contribution in [0.25, 0.3) is 0 Å². The first-order valence-electron chi connectivity index (χ1n) is 6.09. The number of rotatable bonds is 3. The van der Waals surface area contributed by atoms with Crippen LogP contribution in [0.1, 0.15) is 12.8 Å². The maximum Gasteiger partial charge on any atom is 0.240 e. The van der Waals surface area contributed by atoms with Gasteiger partial charge in [-0.25, -0.2) is 17.9 Å². The molecular weight excluding hydrogens is 287 g/mol. The molecule has 0 unspecified atom stereocenters. The largest absolute Gasteiger partial charge is 0.381 e. The average Bonchev–Trinajstić information content (AvgIpc) is 2.38. The zero-order valence-corrected chi connectivity index (χ0v) is 11.5. The Morgan fingerprint density at radius 2 is 2.00 bits per heavy atom. The van der Waals surface area contributed by atoms with Crippen molar-refractivity contribution in [3.05, 3.63) is 24.0 Å². The van der Waals surface area contributed by atoms with E-state index in [9.17, 15) is 17.6 Å². The van der Waals surface area contributed by atoms with Gasteiger partial charge in [-0.15, -0.1) is 0 Å². The number of benzene rings is 1. The molecule has 0 aromatic heterocycles. The fraction of sp³-hybridized carbons (Fsp3) is 0.417. The van der Waals surface area contributed by atoms with Crippen molar-refractivity contribution >= 4 is 21.6 Å². The van der Waals surface area contributed by atoms with Crippen LogP contribution >= 0.6 is 0 Å². The lowest BCUT2D eigenvalue weighted by molar-refractivity contribution is -0.122. The molecule has 1 heterocycles. The van der Waals surface area contributed by atoms with Crippen LogP contribution < -0.4 is 10.5 Å². The van der Waals surface area contributed by atoms with Crippen molar-refractivity contribution < 1.29 is 22.3 Å².